The molecule has 15 heavy (non-hydrogen) atoms. The van der Waals surface area contributed by atoms with Gasteiger partial charge in [0.25, 0.3) is 0 Å². The maximum Gasteiger partial charge on any atom is 0.233 e. The highest BCUT2D eigenvalue weighted by Gasteiger charge is 2.26. The first-order chi connectivity index (χ1) is 7.16. The summed E-state index contributed by atoms with van der Waals surface area (Å²) >= 11 is 0. The Morgan fingerprint density at radius 1 is 1.40 bits per heavy atom. The SMILES string of the molecule is CCCNC(=O)CNC1(C)CCOCC1. The van der Waals surface area contributed by atoms with Gasteiger partial charge in [0.2, 0.25) is 5.91 Å². The highest BCUT2D eigenvalue weighted by atomic mass is 16.5. The van der Waals surface area contributed by atoms with Crippen molar-refractivity contribution in [2.75, 3.05) is 26.3 Å². The molecule has 1 aliphatic rings. The van der Waals surface area contributed by atoms with Gasteiger partial charge >= 0.3 is 0 Å². The van der Waals surface area contributed by atoms with E-state index in [4.69, 9.17) is 4.74 Å². The number of amides is 1. The molecule has 4 nitrogen and oxygen atoms in total. The number of nitrogens with one attached hydrogen (secondary N) is 2. The molecule has 0 unspecified atom stereocenters. The number of ether oxygens (including phenoxy) is 1. The molecule has 4 heteroatoms. The minimum absolute atomic E-state index is 0.0712. The zero-order valence-corrected chi connectivity index (χ0v) is 9.77. The Kier molecular flexibility index (Phi) is 5.05. The molecule has 1 heterocycles. The van der Waals surface area contributed by atoms with Gasteiger partial charge in [-0.05, 0) is 26.2 Å². The number of hydrogen-bond acceptors (Lipinski definition) is 3. The van der Waals surface area contributed by atoms with Gasteiger partial charge in [-0.1, -0.05) is 6.92 Å². The Morgan fingerprint density at radius 3 is 2.67 bits per heavy atom. The largest absolute Gasteiger partial charge is 0.381 e. The third kappa shape index (κ3) is 4.62. The summed E-state index contributed by atoms with van der Waals surface area (Å²) in [5.74, 6) is 0.0876. The van der Waals surface area contributed by atoms with Crippen LogP contribution in [0, 0.1) is 0 Å². The van der Waals surface area contributed by atoms with Gasteiger partial charge in [-0.3, -0.25) is 4.79 Å². The maximum absolute atomic E-state index is 11.4. The van der Waals surface area contributed by atoms with Gasteiger partial charge in [-0.15, -0.1) is 0 Å². The molecule has 1 fully saturated rings. The van der Waals surface area contributed by atoms with E-state index in [-0.39, 0.29) is 11.4 Å². The van der Waals surface area contributed by atoms with Crippen LogP contribution in [0.2, 0.25) is 0 Å². The van der Waals surface area contributed by atoms with E-state index in [1.54, 1.807) is 0 Å². The molecule has 0 aliphatic carbocycles. The van der Waals surface area contributed by atoms with Crippen molar-refractivity contribution in [1.29, 1.82) is 0 Å². The lowest BCUT2D eigenvalue weighted by molar-refractivity contribution is -0.120. The third-order valence-electron chi connectivity index (χ3n) is 2.84. The molecule has 0 radical (unpaired) electrons. The second kappa shape index (κ2) is 6.08. The molecule has 0 bridgehead atoms. The predicted octanol–water partition coefficient (Wildman–Crippen LogP) is 0.671. The van der Waals surface area contributed by atoms with Crippen molar-refractivity contribution < 1.29 is 9.53 Å². The minimum atomic E-state index is 0.0712. The van der Waals surface area contributed by atoms with Crippen LogP contribution < -0.4 is 10.6 Å². The Bertz CT molecular complexity index is 201. The van der Waals surface area contributed by atoms with Gasteiger partial charge < -0.3 is 15.4 Å². The van der Waals surface area contributed by atoms with Gasteiger partial charge in [0.15, 0.2) is 0 Å². The Balaban J connectivity index is 2.19. The van der Waals surface area contributed by atoms with Crippen molar-refractivity contribution in [1.82, 2.24) is 10.6 Å². The van der Waals surface area contributed by atoms with Gasteiger partial charge in [-0.25, -0.2) is 0 Å². The lowest BCUT2D eigenvalue weighted by Crippen LogP contribution is -2.50. The Hall–Kier alpha value is -0.610. The van der Waals surface area contributed by atoms with Crippen LogP contribution in [0.1, 0.15) is 33.1 Å². The van der Waals surface area contributed by atoms with Crippen LogP contribution in [0.5, 0.6) is 0 Å². The molecule has 0 aromatic heterocycles. The maximum atomic E-state index is 11.4. The van der Waals surface area contributed by atoms with Gasteiger partial charge in [-0.2, -0.15) is 0 Å². The van der Waals surface area contributed by atoms with Crippen LogP contribution in [0.15, 0.2) is 0 Å². The summed E-state index contributed by atoms with van der Waals surface area (Å²) in [5, 5.41) is 6.17. The first-order valence-corrected chi connectivity index (χ1v) is 5.76. The van der Waals surface area contributed by atoms with E-state index in [1.807, 2.05) is 6.92 Å². The lowest BCUT2D eigenvalue weighted by Gasteiger charge is -2.34. The molecule has 1 aliphatic heterocycles. The second-order valence-corrected chi connectivity index (χ2v) is 4.38. The third-order valence-corrected chi connectivity index (χ3v) is 2.84. The molecule has 0 atom stereocenters. The van der Waals surface area contributed by atoms with Crippen molar-refractivity contribution in [3.05, 3.63) is 0 Å². The van der Waals surface area contributed by atoms with E-state index in [1.165, 1.54) is 0 Å². The quantitative estimate of drug-likeness (QED) is 0.707. The van der Waals surface area contributed by atoms with Crippen LogP contribution in [0.25, 0.3) is 0 Å². The summed E-state index contributed by atoms with van der Waals surface area (Å²) in [4.78, 5) is 11.4. The molecule has 1 amide bonds. The Labute approximate surface area is 91.8 Å². The summed E-state index contributed by atoms with van der Waals surface area (Å²) < 4.78 is 5.30. The summed E-state index contributed by atoms with van der Waals surface area (Å²) in [6.07, 6.45) is 2.94. The van der Waals surface area contributed by atoms with Crippen molar-refractivity contribution in [2.45, 2.75) is 38.6 Å². The van der Waals surface area contributed by atoms with Crippen molar-refractivity contribution >= 4 is 5.91 Å². The second-order valence-electron chi connectivity index (χ2n) is 4.38. The van der Waals surface area contributed by atoms with Gasteiger partial charge in [0.05, 0.1) is 6.54 Å². The fourth-order valence-corrected chi connectivity index (χ4v) is 1.62. The standard InChI is InChI=1S/C11H22N2O2/c1-3-6-12-10(14)9-13-11(2)4-7-15-8-5-11/h13H,3-9H2,1-2H3,(H,12,14). The van der Waals surface area contributed by atoms with E-state index in [0.717, 1.165) is 39.0 Å². The topological polar surface area (TPSA) is 50.4 Å². The highest BCUT2D eigenvalue weighted by Crippen LogP contribution is 2.18. The molecule has 0 aromatic carbocycles. The molecule has 1 rings (SSSR count). The fraction of sp³-hybridized carbons (Fsp3) is 0.909. The number of hydrogen-bond donors (Lipinski definition) is 2. The number of rotatable bonds is 5. The molecule has 0 spiro atoms. The fourth-order valence-electron chi connectivity index (χ4n) is 1.62. The highest BCUT2D eigenvalue weighted by molar-refractivity contribution is 5.78. The van der Waals surface area contributed by atoms with Gasteiger partial charge in [0.1, 0.15) is 0 Å². The van der Waals surface area contributed by atoms with E-state index in [9.17, 15) is 4.79 Å². The summed E-state index contributed by atoms with van der Waals surface area (Å²) in [6, 6.07) is 0. The number of carbonyl (C=O) groups excluding carboxylic acids is 1. The Morgan fingerprint density at radius 2 is 2.07 bits per heavy atom. The van der Waals surface area contributed by atoms with Crippen molar-refractivity contribution in [2.24, 2.45) is 0 Å². The predicted molar refractivity (Wildman–Crippen MR) is 59.8 cm³/mol. The average molecular weight is 214 g/mol. The summed E-state index contributed by atoms with van der Waals surface area (Å²) in [7, 11) is 0. The molecule has 0 saturated carbocycles. The van der Waals surface area contributed by atoms with Gasteiger partial charge in [0, 0.05) is 25.3 Å². The minimum Gasteiger partial charge on any atom is -0.381 e. The molecular weight excluding hydrogens is 192 g/mol. The van der Waals surface area contributed by atoms with Crippen LogP contribution in [-0.4, -0.2) is 37.7 Å². The summed E-state index contributed by atoms with van der Waals surface area (Å²) in [5.41, 5.74) is 0.0712. The average Bonchev–Trinajstić information content (AvgIpc) is 2.25. The van der Waals surface area contributed by atoms with E-state index in [0.29, 0.717) is 6.54 Å². The van der Waals surface area contributed by atoms with Crippen LogP contribution >= 0.6 is 0 Å². The van der Waals surface area contributed by atoms with Crippen LogP contribution in [0.3, 0.4) is 0 Å². The monoisotopic (exact) mass is 214 g/mol. The molecule has 88 valence electrons. The zero-order valence-electron chi connectivity index (χ0n) is 9.77. The normalized spacial score (nSPS) is 19.9. The number of carbonyl (C=O) groups is 1. The molecular formula is C11H22N2O2. The van der Waals surface area contributed by atoms with Crippen LogP contribution in [-0.2, 0) is 9.53 Å². The van der Waals surface area contributed by atoms with E-state index in [2.05, 4.69) is 17.6 Å². The molecule has 0 aromatic rings. The van der Waals surface area contributed by atoms with E-state index < -0.39 is 0 Å². The first-order valence-electron chi connectivity index (χ1n) is 5.76. The zero-order chi connectivity index (χ0) is 11.1. The van der Waals surface area contributed by atoms with Crippen molar-refractivity contribution in [3.8, 4) is 0 Å². The summed E-state index contributed by atoms with van der Waals surface area (Å²) in [6.45, 7) is 6.97. The lowest BCUT2D eigenvalue weighted by atomic mass is 9.92. The van der Waals surface area contributed by atoms with Crippen molar-refractivity contribution in [3.63, 3.8) is 0 Å². The van der Waals surface area contributed by atoms with E-state index >= 15 is 0 Å². The van der Waals surface area contributed by atoms with Crippen LogP contribution in [0.4, 0.5) is 0 Å². The smallest absolute Gasteiger partial charge is 0.233 e. The first kappa shape index (κ1) is 12.5. The molecule has 2 N–H and O–H groups in total. The molecule has 1 saturated heterocycles.